The minimum atomic E-state index is -6.00. The van der Waals surface area contributed by atoms with Gasteiger partial charge in [-0.2, -0.15) is 0 Å². The third-order valence-corrected chi connectivity index (χ3v) is 4.22. The molecule has 0 aromatic carbocycles. The van der Waals surface area contributed by atoms with Gasteiger partial charge in [-0.05, 0) is 16.8 Å². The third kappa shape index (κ3) is 6.13. The van der Waals surface area contributed by atoms with Gasteiger partial charge >= 0.3 is 12.4 Å². The SMILES string of the molecule is C1CN(C2=NC(=[N+]3CCOCC3)SC2)CCO1.F[B-](F)(F)F. The summed E-state index contributed by atoms with van der Waals surface area (Å²) in [6.45, 7) is 7.22. The maximum atomic E-state index is 9.75. The van der Waals surface area contributed by atoms with E-state index in [9.17, 15) is 17.3 Å². The minimum absolute atomic E-state index is 0.826. The van der Waals surface area contributed by atoms with Crippen LogP contribution in [-0.2, 0) is 9.47 Å². The molecular formula is C11H18BF4N3O2S. The maximum absolute atomic E-state index is 9.75. The first kappa shape index (κ1) is 17.5. The molecule has 126 valence electrons. The number of hydrogen-bond donors (Lipinski definition) is 0. The van der Waals surface area contributed by atoms with Crippen LogP contribution >= 0.6 is 11.8 Å². The van der Waals surface area contributed by atoms with Gasteiger partial charge in [-0.25, -0.2) is 4.58 Å². The van der Waals surface area contributed by atoms with Crippen molar-refractivity contribution in [2.75, 3.05) is 58.4 Å². The molecule has 0 spiro atoms. The molecule has 0 unspecified atom stereocenters. The zero-order valence-corrected chi connectivity index (χ0v) is 12.8. The van der Waals surface area contributed by atoms with Gasteiger partial charge in [0.15, 0.2) is 0 Å². The number of nitrogens with zero attached hydrogens (tertiary/aromatic N) is 3. The first-order valence-electron chi connectivity index (χ1n) is 7.03. The van der Waals surface area contributed by atoms with E-state index in [2.05, 4.69) is 9.48 Å². The van der Waals surface area contributed by atoms with Crippen molar-refractivity contribution in [2.24, 2.45) is 4.99 Å². The van der Waals surface area contributed by atoms with Crippen molar-refractivity contribution >= 4 is 30.0 Å². The summed E-state index contributed by atoms with van der Waals surface area (Å²) < 4.78 is 52.1. The zero-order chi connectivity index (χ0) is 16.0. The van der Waals surface area contributed by atoms with Crippen LogP contribution < -0.4 is 0 Å². The Morgan fingerprint density at radius 3 is 2.14 bits per heavy atom. The summed E-state index contributed by atoms with van der Waals surface area (Å²) in [4.78, 5) is 7.12. The van der Waals surface area contributed by atoms with Crippen LogP contribution in [0.1, 0.15) is 0 Å². The van der Waals surface area contributed by atoms with Gasteiger partial charge in [0.1, 0.15) is 13.1 Å². The molecule has 2 saturated heterocycles. The second-order valence-electron chi connectivity index (χ2n) is 4.79. The van der Waals surface area contributed by atoms with E-state index in [1.54, 1.807) is 0 Å². The topological polar surface area (TPSA) is 37.1 Å². The van der Waals surface area contributed by atoms with E-state index in [0.717, 1.165) is 58.4 Å². The fourth-order valence-electron chi connectivity index (χ4n) is 2.20. The first-order chi connectivity index (χ1) is 10.4. The number of rotatable bonds is 0. The lowest BCUT2D eigenvalue weighted by atomic mass is 10.3. The molecule has 0 N–H and O–H groups in total. The van der Waals surface area contributed by atoms with Crippen LogP contribution in [0.15, 0.2) is 4.99 Å². The van der Waals surface area contributed by atoms with Gasteiger partial charge in [-0.1, -0.05) is 0 Å². The second kappa shape index (κ2) is 8.16. The molecular weight excluding hydrogens is 325 g/mol. The lowest BCUT2D eigenvalue weighted by molar-refractivity contribution is -0.547. The van der Waals surface area contributed by atoms with Crippen LogP contribution in [0.4, 0.5) is 17.3 Å². The number of amidine groups is 2. The normalized spacial score (nSPS) is 23.1. The highest BCUT2D eigenvalue weighted by atomic mass is 32.2. The summed E-state index contributed by atoms with van der Waals surface area (Å²) in [6.07, 6.45) is 0. The van der Waals surface area contributed by atoms with Gasteiger partial charge in [0.25, 0.3) is 0 Å². The highest BCUT2D eigenvalue weighted by molar-refractivity contribution is 8.14. The summed E-state index contributed by atoms with van der Waals surface area (Å²) >= 11 is 1.85. The molecule has 11 heteroatoms. The van der Waals surface area contributed by atoms with E-state index >= 15 is 0 Å². The van der Waals surface area contributed by atoms with Crippen LogP contribution in [0.5, 0.6) is 0 Å². The van der Waals surface area contributed by atoms with Crippen molar-refractivity contribution in [3.63, 3.8) is 0 Å². The average molecular weight is 343 g/mol. The fraction of sp³-hybridized carbons (Fsp3) is 0.818. The van der Waals surface area contributed by atoms with Gasteiger partial charge in [0, 0.05) is 13.1 Å². The van der Waals surface area contributed by atoms with Crippen molar-refractivity contribution in [1.29, 1.82) is 0 Å². The van der Waals surface area contributed by atoms with E-state index in [1.807, 2.05) is 11.8 Å². The molecule has 3 aliphatic rings. The number of ether oxygens (including phenoxy) is 2. The molecule has 0 aliphatic carbocycles. The highest BCUT2D eigenvalue weighted by Gasteiger charge is 2.30. The Morgan fingerprint density at radius 2 is 1.55 bits per heavy atom. The molecule has 22 heavy (non-hydrogen) atoms. The minimum Gasteiger partial charge on any atom is -0.418 e. The monoisotopic (exact) mass is 343 g/mol. The smallest absolute Gasteiger partial charge is 0.418 e. The molecule has 5 nitrogen and oxygen atoms in total. The number of morpholine rings is 2. The first-order valence-corrected chi connectivity index (χ1v) is 8.02. The van der Waals surface area contributed by atoms with Crippen molar-refractivity contribution in [3.05, 3.63) is 0 Å². The molecule has 0 bridgehead atoms. The van der Waals surface area contributed by atoms with Crippen LogP contribution in [0, 0.1) is 0 Å². The number of aliphatic imine (C=N–C) groups is 1. The van der Waals surface area contributed by atoms with Crippen LogP contribution in [0.25, 0.3) is 0 Å². The standard InChI is InChI=1S/C11H18N3O2S.BF4/c1-5-15-6-2-13(1)10-9-17-11(12-10)14-3-7-16-8-4-14;2-1(3,4)5/h1-9H2;/q+1;-1. The van der Waals surface area contributed by atoms with E-state index in [1.165, 1.54) is 11.0 Å². The Labute approximate surface area is 130 Å². The molecule has 2 fully saturated rings. The largest absolute Gasteiger partial charge is 0.673 e. The molecule has 0 amide bonds. The summed E-state index contributed by atoms with van der Waals surface area (Å²) in [5.41, 5.74) is 0. The number of hydrogen-bond acceptors (Lipinski definition) is 4. The Morgan fingerprint density at radius 1 is 1.00 bits per heavy atom. The van der Waals surface area contributed by atoms with Gasteiger partial charge in [-0.15, -0.1) is 0 Å². The predicted molar refractivity (Wildman–Crippen MR) is 78.3 cm³/mol. The molecule has 3 aliphatic heterocycles. The zero-order valence-electron chi connectivity index (χ0n) is 12.0. The van der Waals surface area contributed by atoms with Gasteiger partial charge in [0.2, 0.25) is 5.84 Å². The van der Waals surface area contributed by atoms with Crippen LogP contribution in [0.3, 0.4) is 0 Å². The summed E-state index contributed by atoms with van der Waals surface area (Å²) in [5.74, 6) is 2.23. The van der Waals surface area contributed by atoms with Crippen molar-refractivity contribution in [2.45, 2.75) is 0 Å². The van der Waals surface area contributed by atoms with Crippen LogP contribution in [0.2, 0.25) is 0 Å². The van der Waals surface area contributed by atoms with Crippen molar-refractivity contribution in [1.82, 2.24) is 4.90 Å². The van der Waals surface area contributed by atoms with Crippen molar-refractivity contribution < 1.29 is 31.3 Å². The van der Waals surface area contributed by atoms with Crippen LogP contribution in [-0.4, -0.2) is 86.1 Å². The third-order valence-electron chi connectivity index (χ3n) is 3.21. The van der Waals surface area contributed by atoms with Gasteiger partial charge < -0.3 is 31.6 Å². The Bertz CT molecular complexity index is 428. The lowest BCUT2D eigenvalue weighted by Crippen LogP contribution is -2.41. The number of thioether (sulfide) groups is 1. The Kier molecular flexibility index (Phi) is 6.51. The van der Waals surface area contributed by atoms with E-state index in [0.29, 0.717) is 0 Å². The van der Waals surface area contributed by atoms with E-state index < -0.39 is 7.25 Å². The Balaban J connectivity index is 0.000000309. The maximum Gasteiger partial charge on any atom is 0.673 e. The molecule has 0 aromatic rings. The molecule has 3 heterocycles. The van der Waals surface area contributed by atoms with Gasteiger partial charge in [-0.3, -0.25) is 0 Å². The highest BCUT2D eigenvalue weighted by Crippen LogP contribution is 2.18. The molecule has 0 atom stereocenters. The van der Waals surface area contributed by atoms with E-state index in [4.69, 9.17) is 14.5 Å². The number of halogens is 4. The predicted octanol–water partition coefficient (Wildman–Crippen LogP) is 1.16. The summed E-state index contributed by atoms with van der Waals surface area (Å²) in [7, 11) is -6.00. The quantitative estimate of drug-likeness (QED) is 0.376. The lowest BCUT2D eigenvalue weighted by Gasteiger charge is -2.25. The molecule has 0 saturated carbocycles. The second-order valence-corrected chi connectivity index (χ2v) is 5.74. The summed E-state index contributed by atoms with van der Waals surface area (Å²) in [5, 5.41) is 1.18. The molecule has 0 radical (unpaired) electrons. The van der Waals surface area contributed by atoms with E-state index in [-0.39, 0.29) is 0 Å². The van der Waals surface area contributed by atoms with Gasteiger partial charge in [0.05, 0.1) is 32.2 Å². The molecule has 0 aromatic heterocycles. The fourth-order valence-corrected chi connectivity index (χ4v) is 3.24. The summed E-state index contributed by atoms with van der Waals surface area (Å²) in [6, 6.07) is 0. The molecule has 3 rings (SSSR count). The Hall–Kier alpha value is -0.805. The van der Waals surface area contributed by atoms with Crippen molar-refractivity contribution in [3.8, 4) is 0 Å². The average Bonchev–Trinajstić information content (AvgIpc) is 2.97.